The number of halogens is 2. The molecule has 1 N–H and O–H groups in total. The minimum absolute atomic E-state index is 0.0428. The van der Waals surface area contributed by atoms with Crippen LogP contribution in [0.25, 0.3) is 0 Å². The highest BCUT2D eigenvalue weighted by atomic mass is 35.5. The Labute approximate surface area is 202 Å². The molecule has 2 aromatic rings. The van der Waals surface area contributed by atoms with E-state index in [0.29, 0.717) is 18.1 Å². The van der Waals surface area contributed by atoms with Gasteiger partial charge in [-0.05, 0) is 37.1 Å². The first-order chi connectivity index (χ1) is 15.7. The summed E-state index contributed by atoms with van der Waals surface area (Å²) in [5, 5.41) is 2.82. The fourth-order valence-corrected chi connectivity index (χ4v) is 5.29. The van der Waals surface area contributed by atoms with Gasteiger partial charge in [0.1, 0.15) is 11.3 Å². The predicted molar refractivity (Wildman–Crippen MR) is 123 cm³/mol. The molecule has 0 unspecified atom stereocenters. The summed E-state index contributed by atoms with van der Waals surface area (Å²) in [5.41, 5.74) is -0.108. The Morgan fingerprint density at radius 1 is 1.12 bits per heavy atom. The molecule has 0 atom stereocenters. The van der Waals surface area contributed by atoms with Gasteiger partial charge in [-0.15, -0.1) is 0 Å². The van der Waals surface area contributed by atoms with Gasteiger partial charge in [-0.2, -0.15) is 4.31 Å². The predicted octanol–water partition coefficient (Wildman–Crippen LogP) is 3.76. The number of hydrogen-bond donors (Lipinski definition) is 1. The van der Waals surface area contributed by atoms with Gasteiger partial charge in [0.15, 0.2) is 12.4 Å². The van der Waals surface area contributed by atoms with E-state index in [1.807, 2.05) is 0 Å². The number of aromatic nitrogens is 1. The molecular weight excluding hydrogens is 493 g/mol. The normalized spacial score (nSPS) is 14.9. The summed E-state index contributed by atoms with van der Waals surface area (Å²) < 4.78 is 37.8. The second kappa shape index (κ2) is 11.1. The third-order valence-corrected chi connectivity index (χ3v) is 7.38. The number of sulfonamides is 1. The van der Waals surface area contributed by atoms with Crippen LogP contribution < -0.4 is 10.1 Å². The first-order valence-corrected chi connectivity index (χ1v) is 12.4. The van der Waals surface area contributed by atoms with Crippen molar-refractivity contribution in [1.29, 1.82) is 0 Å². The number of nitrogens with zero attached hydrogens (tertiary/aromatic N) is 2. The summed E-state index contributed by atoms with van der Waals surface area (Å²) in [6, 6.07) is 5.38. The number of hydrogen-bond acceptors (Lipinski definition) is 7. The van der Waals surface area contributed by atoms with Gasteiger partial charge in [-0.25, -0.2) is 18.2 Å². The molecule has 1 aromatic heterocycles. The van der Waals surface area contributed by atoms with E-state index in [-0.39, 0.29) is 27.0 Å². The van der Waals surface area contributed by atoms with E-state index in [1.54, 1.807) is 0 Å². The number of rotatable bonds is 7. The Hall–Kier alpha value is -2.40. The van der Waals surface area contributed by atoms with E-state index in [1.165, 1.54) is 41.9 Å². The number of anilines is 1. The van der Waals surface area contributed by atoms with Crippen molar-refractivity contribution in [1.82, 2.24) is 9.29 Å². The molecule has 1 fully saturated rings. The van der Waals surface area contributed by atoms with Crippen molar-refractivity contribution >= 4 is 50.9 Å². The van der Waals surface area contributed by atoms with E-state index in [0.717, 1.165) is 25.7 Å². The number of esters is 1. The minimum Gasteiger partial charge on any atom is -0.496 e. The highest BCUT2D eigenvalue weighted by molar-refractivity contribution is 7.89. The molecule has 0 saturated carbocycles. The van der Waals surface area contributed by atoms with Crippen LogP contribution in [0.3, 0.4) is 0 Å². The van der Waals surface area contributed by atoms with Crippen LogP contribution in [0.5, 0.6) is 5.75 Å². The van der Waals surface area contributed by atoms with Crippen molar-refractivity contribution in [2.24, 2.45) is 0 Å². The molecule has 1 aliphatic rings. The third-order valence-electron chi connectivity index (χ3n) is 4.99. The zero-order chi connectivity index (χ0) is 24.0. The molecule has 2 heterocycles. The maximum atomic E-state index is 13.1. The zero-order valence-corrected chi connectivity index (χ0v) is 20.2. The van der Waals surface area contributed by atoms with E-state index >= 15 is 0 Å². The smallest absolute Gasteiger partial charge is 0.342 e. The zero-order valence-electron chi connectivity index (χ0n) is 17.8. The summed E-state index contributed by atoms with van der Waals surface area (Å²) in [6.07, 6.45) is 4.82. The van der Waals surface area contributed by atoms with Crippen molar-refractivity contribution in [3.63, 3.8) is 0 Å². The quantitative estimate of drug-likeness (QED) is 0.558. The average Bonchev–Trinajstić information content (AvgIpc) is 3.09. The van der Waals surface area contributed by atoms with Crippen molar-refractivity contribution < 1.29 is 27.5 Å². The molecule has 0 radical (unpaired) electrons. The fourth-order valence-electron chi connectivity index (χ4n) is 3.32. The number of nitrogens with one attached hydrogen (secondary N) is 1. The maximum Gasteiger partial charge on any atom is 0.342 e. The largest absolute Gasteiger partial charge is 0.496 e. The number of pyridine rings is 1. The summed E-state index contributed by atoms with van der Waals surface area (Å²) in [4.78, 5) is 28.7. The summed E-state index contributed by atoms with van der Waals surface area (Å²) in [5.74, 6) is -1.42. The first-order valence-electron chi connectivity index (χ1n) is 10.2. The molecule has 1 saturated heterocycles. The molecular formula is C21H23Cl2N3O6S. The lowest BCUT2D eigenvalue weighted by Gasteiger charge is -2.20. The Balaban J connectivity index is 1.73. The van der Waals surface area contributed by atoms with Crippen molar-refractivity contribution in [2.45, 2.75) is 30.6 Å². The summed E-state index contributed by atoms with van der Waals surface area (Å²) in [7, 11) is -2.45. The number of methoxy groups -OCH3 is 1. The van der Waals surface area contributed by atoms with Crippen molar-refractivity contribution in [3.8, 4) is 5.75 Å². The molecule has 12 heteroatoms. The van der Waals surface area contributed by atoms with Crippen molar-refractivity contribution in [3.05, 3.63) is 46.1 Å². The maximum absolute atomic E-state index is 13.1. The third kappa shape index (κ3) is 6.35. The van der Waals surface area contributed by atoms with Gasteiger partial charge in [0.2, 0.25) is 10.0 Å². The molecule has 1 aromatic carbocycles. The average molecular weight is 516 g/mol. The van der Waals surface area contributed by atoms with Crippen LogP contribution >= 0.6 is 23.2 Å². The molecule has 1 aliphatic heterocycles. The van der Waals surface area contributed by atoms with E-state index in [9.17, 15) is 18.0 Å². The van der Waals surface area contributed by atoms with E-state index < -0.39 is 28.5 Å². The van der Waals surface area contributed by atoms with E-state index in [4.69, 9.17) is 32.7 Å². The number of benzene rings is 1. The standard InChI is InChI=1S/C21H23Cl2N3O6S/c1-31-18-7-6-15(33(29,30)26-8-4-2-3-5-9-26)11-16(18)21(28)32-13-19(27)25-20-17(23)10-14(22)12-24-20/h6-7,10-12H,2-5,8-9,13H2,1H3,(H,24,25,27). The number of ether oxygens (including phenoxy) is 2. The van der Waals surface area contributed by atoms with E-state index in [2.05, 4.69) is 10.3 Å². The lowest BCUT2D eigenvalue weighted by molar-refractivity contribution is -0.119. The molecule has 9 nitrogen and oxygen atoms in total. The number of carbonyl (C=O) groups excluding carboxylic acids is 2. The first kappa shape index (κ1) is 25.2. The summed E-state index contributed by atoms with van der Waals surface area (Å²) >= 11 is 11.7. The van der Waals surface area contributed by atoms with Gasteiger partial charge in [-0.1, -0.05) is 36.0 Å². The Kier molecular flexibility index (Phi) is 8.52. The van der Waals surface area contributed by atoms with Crippen LogP contribution in [-0.4, -0.2) is 56.4 Å². The van der Waals surface area contributed by atoms with Gasteiger partial charge in [-0.3, -0.25) is 4.79 Å². The van der Waals surface area contributed by atoms with Crippen molar-refractivity contribution in [2.75, 3.05) is 32.1 Å². The molecule has 3 rings (SSSR count). The molecule has 0 spiro atoms. The number of amides is 1. The monoisotopic (exact) mass is 515 g/mol. The van der Waals surface area contributed by atoms with Crippen LogP contribution in [0.4, 0.5) is 5.82 Å². The lowest BCUT2D eigenvalue weighted by Crippen LogP contribution is -2.32. The van der Waals surface area contributed by atoms with Gasteiger partial charge in [0.05, 0.1) is 22.1 Å². The van der Waals surface area contributed by atoms with Crippen LogP contribution in [-0.2, 0) is 19.6 Å². The van der Waals surface area contributed by atoms with Gasteiger partial charge >= 0.3 is 5.97 Å². The Morgan fingerprint density at radius 3 is 2.45 bits per heavy atom. The molecule has 0 bridgehead atoms. The second-order valence-electron chi connectivity index (χ2n) is 7.29. The molecule has 1 amide bonds. The van der Waals surface area contributed by atoms with Gasteiger partial charge < -0.3 is 14.8 Å². The lowest BCUT2D eigenvalue weighted by atomic mass is 10.2. The van der Waals surface area contributed by atoms with Crippen LogP contribution in [0.2, 0.25) is 10.0 Å². The Bertz CT molecular complexity index is 1130. The van der Waals surface area contributed by atoms with Crippen LogP contribution in [0.15, 0.2) is 35.4 Å². The van der Waals surface area contributed by atoms with Crippen LogP contribution in [0.1, 0.15) is 36.0 Å². The molecule has 0 aliphatic carbocycles. The molecule has 33 heavy (non-hydrogen) atoms. The highest BCUT2D eigenvalue weighted by Crippen LogP contribution is 2.27. The fraction of sp³-hybridized carbons (Fsp3) is 0.381. The Morgan fingerprint density at radius 2 is 1.82 bits per heavy atom. The SMILES string of the molecule is COc1ccc(S(=O)(=O)N2CCCCCC2)cc1C(=O)OCC(=O)Nc1ncc(Cl)cc1Cl. The minimum atomic E-state index is -3.79. The number of carbonyl (C=O) groups is 2. The van der Waals surface area contributed by atoms with Gasteiger partial charge in [0.25, 0.3) is 5.91 Å². The molecule has 178 valence electrons. The van der Waals surface area contributed by atoms with Gasteiger partial charge in [0, 0.05) is 19.3 Å². The summed E-state index contributed by atoms with van der Waals surface area (Å²) in [6.45, 7) is 0.205. The van der Waals surface area contributed by atoms with Crippen LogP contribution in [0, 0.1) is 0 Å². The second-order valence-corrected chi connectivity index (χ2v) is 10.1. The highest BCUT2D eigenvalue weighted by Gasteiger charge is 2.27. The topological polar surface area (TPSA) is 115 Å².